The molecule has 0 amide bonds. The van der Waals surface area contributed by atoms with Crippen LogP contribution in [0.3, 0.4) is 0 Å². The molecule has 0 aromatic heterocycles. The van der Waals surface area contributed by atoms with Gasteiger partial charge < -0.3 is 14.5 Å². The molecule has 0 bridgehead atoms. The van der Waals surface area contributed by atoms with Crippen LogP contribution in [0.5, 0.6) is 5.75 Å². The Hall–Kier alpha value is -2.85. The Morgan fingerprint density at radius 2 is 1.69 bits per heavy atom. The summed E-state index contributed by atoms with van der Waals surface area (Å²) < 4.78 is 5.54. The lowest BCUT2D eigenvalue weighted by Gasteiger charge is -2.35. The van der Waals surface area contributed by atoms with E-state index in [2.05, 4.69) is 36.0 Å². The lowest BCUT2D eigenvalue weighted by molar-refractivity contribution is 0.164. The summed E-state index contributed by atoms with van der Waals surface area (Å²) in [6.07, 6.45) is 13.5. The first-order valence-electron chi connectivity index (χ1n) is 10.3. The van der Waals surface area contributed by atoms with E-state index in [0.29, 0.717) is 6.61 Å². The predicted octanol–water partition coefficient (Wildman–Crippen LogP) is 4.84. The Kier molecular flexibility index (Phi) is 9.73. The van der Waals surface area contributed by atoms with Crippen molar-refractivity contribution < 1.29 is 4.74 Å². The van der Waals surface area contributed by atoms with E-state index in [-0.39, 0.29) is 0 Å². The van der Waals surface area contributed by atoms with Gasteiger partial charge in [-0.2, -0.15) is 0 Å². The number of benzene rings is 1. The van der Waals surface area contributed by atoms with Gasteiger partial charge in [0.05, 0.1) is 12.3 Å². The maximum Gasteiger partial charge on any atom is 0.129 e. The van der Waals surface area contributed by atoms with E-state index in [0.717, 1.165) is 55.6 Å². The van der Waals surface area contributed by atoms with Crippen LogP contribution in [0.25, 0.3) is 0 Å². The fourth-order valence-corrected chi connectivity index (χ4v) is 3.10. The predicted molar refractivity (Wildman–Crippen MR) is 125 cm³/mol. The van der Waals surface area contributed by atoms with Gasteiger partial charge in [0.2, 0.25) is 0 Å². The third-order valence-electron chi connectivity index (χ3n) is 4.75. The lowest BCUT2D eigenvalue weighted by atomic mass is 10.1. The van der Waals surface area contributed by atoms with E-state index in [1.165, 1.54) is 0 Å². The molecule has 4 heteroatoms. The maximum absolute atomic E-state index is 5.54. The van der Waals surface area contributed by atoms with Crippen molar-refractivity contribution in [1.29, 1.82) is 0 Å². The molecule has 29 heavy (non-hydrogen) atoms. The Morgan fingerprint density at radius 3 is 2.28 bits per heavy atom. The van der Waals surface area contributed by atoms with Crippen molar-refractivity contribution in [3.8, 4) is 5.75 Å². The Labute approximate surface area is 175 Å². The van der Waals surface area contributed by atoms with Gasteiger partial charge in [0.25, 0.3) is 0 Å². The second-order valence-corrected chi connectivity index (χ2v) is 6.61. The first kappa shape index (κ1) is 22.4. The van der Waals surface area contributed by atoms with Crippen molar-refractivity contribution in [2.45, 2.75) is 13.8 Å². The Balaban J connectivity index is 2.28. The molecule has 1 aliphatic heterocycles. The van der Waals surface area contributed by atoms with Gasteiger partial charge in [-0.05, 0) is 49.9 Å². The van der Waals surface area contributed by atoms with Crippen LogP contribution in [0.4, 0.5) is 0 Å². The van der Waals surface area contributed by atoms with Crippen molar-refractivity contribution in [1.82, 2.24) is 9.80 Å². The molecule has 1 heterocycles. The van der Waals surface area contributed by atoms with Crippen molar-refractivity contribution in [2.24, 2.45) is 4.99 Å². The molecule has 1 aromatic rings. The molecule has 0 saturated carbocycles. The van der Waals surface area contributed by atoms with Gasteiger partial charge in [-0.25, -0.2) is 4.99 Å². The molecule has 1 aliphatic rings. The zero-order valence-electron chi connectivity index (χ0n) is 17.8. The van der Waals surface area contributed by atoms with E-state index >= 15 is 0 Å². The summed E-state index contributed by atoms with van der Waals surface area (Å²) in [5.74, 6) is 1.82. The van der Waals surface area contributed by atoms with Crippen LogP contribution >= 0.6 is 0 Å². The number of rotatable bonds is 10. The largest absolute Gasteiger partial charge is 0.494 e. The first-order valence-corrected chi connectivity index (χ1v) is 10.3. The molecule has 0 spiro atoms. The molecule has 0 radical (unpaired) electrons. The van der Waals surface area contributed by atoms with E-state index in [9.17, 15) is 0 Å². The molecule has 2 rings (SSSR count). The summed E-state index contributed by atoms with van der Waals surface area (Å²) in [4.78, 5) is 9.76. The average molecular weight is 392 g/mol. The fourth-order valence-electron chi connectivity index (χ4n) is 3.10. The van der Waals surface area contributed by atoms with Crippen LogP contribution in [-0.2, 0) is 0 Å². The van der Waals surface area contributed by atoms with E-state index < -0.39 is 0 Å². The molecular formula is C25H33N3O. The second kappa shape index (κ2) is 12.6. The van der Waals surface area contributed by atoms with E-state index in [1.54, 1.807) is 6.08 Å². The molecule has 1 aromatic carbocycles. The van der Waals surface area contributed by atoms with Crippen LogP contribution in [0.15, 0.2) is 90.8 Å². The number of hydrogen-bond donors (Lipinski definition) is 0. The maximum atomic E-state index is 5.54. The Morgan fingerprint density at radius 1 is 1.00 bits per heavy atom. The summed E-state index contributed by atoms with van der Waals surface area (Å²) in [5.41, 5.74) is 1.88. The molecule has 154 valence electrons. The summed E-state index contributed by atoms with van der Waals surface area (Å²) >= 11 is 0. The summed E-state index contributed by atoms with van der Waals surface area (Å²) in [6, 6.07) is 8.00. The van der Waals surface area contributed by atoms with Gasteiger partial charge in [0, 0.05) is 31.7 Å². The number of piperazine rings is 1. The molecule has 1 fully saturated rings. The van der Waals surface area contributed by atoms with Crippen molar-refractivity contribution >= 4 is 5.71 Å². The fraction of sp³-hybridized carbons (Fsp3) is 0.320. The molecule has 4 nitrogen and oxygen atoms in total. The van der Waals surface area contributed by atoms with Crippen molar-refractivity contribution in [2.75, 3.05) is 39.3 Å². The highest BCUT2D eigenvalue weighted by Gasteiger charge is 2.17. The van der Waals surface area contributed by atoms with Crippen molar-refractivity contribution in [3.63, 3.8) is 0 Å². The minimum Gasteiger partial charge on any atom is -0.494 e. The summed E-state index contributed by atoms with van der Waals surface area (Å²) in [7, 11) is 0. The minimum absolute atomic E-state index is 0.658. The second-order valence-electron chi connectivity index (χ2n) is 6.61. The molecule has 0 unspecified atom stereocenters. The molecule has 0 N–H and O–H groups in total. The highest BCUT2D eigenvalue weighted by atomic mass is 16.5. The van der Waals surface area contributed by atoms with Gasteiger partial charge in [0.1, 0.15) is 11.6 Å². The van der Waals surface area contributed by atoms with E-state index in [4.69, 9.17) is 9.73 Å². The van der Waals surface area contributed by atoms with Crippen LogP contribution in [-0.4, -0.2) is 54.8 Å². The molecule has 0 atom stereocenters. The monoisotopic (exact) mass is 391 g/mol. The van der Waals surface area contributed by atoms with Gasteiger partial charge in [-0.15, -0.1) is 0 Å². The van der Waals surface area contributed by atoms with Gasteiger partial charge in [-0.1, -0.05) is 50.5 Å². The summed E-state index contributed by atoms with van der Waals surface area (Å²) in [6.45, 7) is 17.7. The highest BCUT2D eigenvalue weighted by Crippen LogP contribution is 2.17. The Bertz CT molecular complexity index is 764. The molecular weight excluding hydrogens is 358 g/mol. The van der Waals surface area contributed by atoms with E-state index in [1.807, 2.05) is 61.6 Å². The smallest absolute Gasteiger partial charge is 0.129 e. The number of aliphatic imine (C=N–C) groups is 1. The van der Waals surface area contributed by atoms with Crippen LogP contribution < -0.4 is 4.74 Å². The summed E-state index contributed by atoms with van der Waals surface area (Å²) in [5, 5.41) is 0. The lowest BCUT2D eigenvalue weighted by Crippen LogP contribution is -2.45. The zero-order valence-corrected chi connectivity index (χ0v) is 17.8. The third-order valence-corrected chi connectivity index (χ3v) is 4.75. The average Bonchev–Trinajstić information content (AvgIpc) is 2.77. The number of nitrogens with zero attached hydrogens (tertiary/aromatic N) is 3. The van der Waals surface area contributed by atoms with Gasteiger partial charge in [0.15, 0.2) is 0 Å². The van der Waals surface area contributed by atoms with Crippen molar-refractivity contribution in [3.05, 3.63) is 91.3 Å². The van der Waals surface area contributed by atoms with Gasteiger partial charge in [-0.3, -0.25) is 0 Å². The number of allylic oxidation sites excluding steroid dienone is 7. The molecule has 0 aliphatic carbocycles. The number of hydrogen-bond acceptors (Lipinski definition) is 4. The normalized spacial score (nSPS) is 16.6. The minimum atomic E-state index is 0.658. The van der Waals surface area contributed by atoms with Crippen LogP contribution in [0.1, 0.15) is 19.4 Å². The SMILES string of the molecule is C=C\C=C/C=C\C=C(/N=C(\C=C)c1ccc(OCC)cc1)N1CCN(CC)CC1. The number of likely N-dealkylation sites (N-methyl/N-ethyl adjacent to an activating group) is 1. The standard InChI is InChI=1S/C25H33N3O/c1-5-9-10-11-12-13-25(28-20-18-27(7-3)19-21-28)26-24(6-2)22-14-16-23(17-15-22)29-8-4/h5-6,9-17H,1-2,7-8,18-21H2,3-4H3/b10-9-,12-11-,25-13+,26-24+. The zero-order chi connectivity index (χ0) is 20.9. The first-order chi connectivity index (χ1) is 14.2. The third kappa shape index (κ3) is 7.24. The number of ether oxygens (including phenoxy) is 1. The topological polar surface area (TPSA) is 28.1 Å². The van der Waals surface area contributed by atoms with Crippen LogP contribution in [0, 0.1) is 0 Å². The van der Waals surface area contributed by atoms with Crippen LogP contribution in [0.2, 0.25) is 0 Å². The highest BCUT2D eigenvalue weighted by molar-refractivity contribution is 6.08. The van der Waals surface area contributed by atoms with Gasteiger partial charge >= 0.3 is 0 Å². The molecule has 1 saturated heterocycles. The quantitative estimate of drug-likeness (QED) is 0.422.